The molecule has 11 heteroatoms. The number of anilines is 2. The van der Waals surface area contributed by atoms with Gasteiger partial charge in [-0.3, -0.25) is 4.34 Å². The molecule has 3 heterocycles. The first kappa shape index (κ1) is 29.5. The zero-order valence-corrected chi connectivity index (χ0v) is 24.9. The number of benzene rings is 1. The number of nitrogens with one attached hydrogen (secondary N) is 1. The third-order valence-electron chi connectivity index (χ3n) is 4.97. The molecule has 0 bridgehead atoms. The lowest BCUT2D eigenvalue weighted by Gasteiger charge is -2.29. The van der Waals surface area contributed by atoms with E-state index in [1.807, 2.05) is 63.4 Å². The van der Waals surface area contributed by atoms with Gasteiger partial charge in [0.2, 0.25) is 0 Å². The maximum Gasteiger partial charge on any atom is 0.271 e. The fourth-order valence-corrected chi connectivity index (χ4v) is 6.38. The lowest BCUT2D eigenvalue weighted by Crippen LogP contribution is -2.30. The number of pyridine rings is 1. The van der Waals surface area contributed by atoms with Gasteiger partial charge >= 0.3 is 0 Å². The van der Waals surface area contributed by atoms with Crippen LogP contribution in [0.2, 0.25) is 5.15 Å². The van der Waals surface area contributed by atoms with Crippen molar-refractivity contribution in [1.29, 1.82) is 0 Å². The molecule has 0 aliphatic carbocycles. The lowest BCUT2D eigenvalue weighted by atomic mass is 9.99. The van der Waals surface area contributed by atoms with E-state index in [-0.39, 0.29) is 12.5 Å². The second-order valence-electron chi connectivity index (χ2n) is 7.02. The predicted octanol–water partition coefficient (Wildman–Crippen LogP) is 9.19. The van der Waals surface area contributed by atoms with Gasteiger partial charge in [0.25, 0.3) is 5.92 Å². The summed E-state index contributed by atoms with van der Waals surface area (Å²) in [6, 6.07) is 7.63. The predicted molar refractivity (Wildman–Crippen MR) is 152 cm³/mol. The zero-order chi connectivity index (χ0) is 25.5. The summed E-state index contributed by atoms with van der Waals surface area (Å²) in [6.45, 7) is 9.42. The number of nitrogens with zero attached hydrogens (tertiary/aromatic N) is 3. The highest BCUT2D eigenvalue weighted by molar-refractivity contribution is 14.2. The molecule has 3 aromatic rings. The van der Waals surface area contributed by atoms with Crippen LogP contribution in [0.25, 0.3) is 11.2 Å². The molecular formula is C23H31ClF2IN4OPS. The van der Waals surface area contributed by atoms with Crippen LogP contribution < -0.4 is 5.32 Å². The monoisotopic (exact) mass is 642 g/mol. The minimum absolute atomic E-state index is 0.154. The molecule has 1 aliphatic rings. The quantitative estimate of drug-likeness (QED) is 0.130. The van der Waals surface area contributed by atoms with Crippen LogP contribution in [0.4, 0.5) is 20.2 Å². The highest BCUT2D eigenvalue weighted by Crippen LogP contribution is 2.40. The van der Waals surface area contributed by atoms with E-state index in [0.29, 0.717) is 17.9 Å². The van der Waals surface area contributed by atoms with Gasteiger partial charge in [0.15, 0.2) is 5.65 Å². The maximum absolute atomic E-state index is 13.4. The van der Waals surface area contributed by atoms with Crippen molar-refractivity contribution in [2.45, 2.75) is 64.4 Å². The third kappa shape index (κ3) is 6.93. The highest BCUT2D eigenvalue weighted by Gasteiger charge is 2.36. The van der Waals surface area contributed by atoms with Gasteiger partial charge in [0, 0.05) is 17.4 Å². The van der Waals surface area contributed by atoms with Crippen LogP contribution in [0.5, 0.6) is 0 Å². The summed E-state index contributed by atoms with van der Waals surface area (Å²) in [5, 5.41) is 3.82. The molecule has 0 saturated carbocycles. The number of aromatic nitrogens is 3. The first-order valence-corrected chi connectivity index (χ1v) is 16.8. The fraction of sp³-hybridized carbons (Fsp3) is 0.478. The highest BCUT2D eigenvalue weighted by atomic mass is 127. The molecule has 2 atom stereocenters. The molecule has 2 unspecified atom stereocenters. The van der Waals surface area contributed by atoms with Crippen molar-refractivity contribution in [2.24, 2.45) is 0 Å². The first-order chi connectivity index (χ1) is 16.3. The van der Waals surface area contributed by atoms with Crippen molar-refractivity contribution in [2.75, 3.05) is 18.2 Å². The number of ether oxygens (including phenoxy) is 1. The molecule has 0 radical (unpaired) electrons. The third-order valence-corrected chi connectivity index (χ3v) is 8.09. The fourth-order valence-electron chi connectivity index (χ4n) is 3.46. The normalized spacial score (nSPS) is 17.2. The van der Waals surface area contributed by atoms with Gasteiger partial charge in [0.05, 0.1) is 23.9 Å². The minimum Gasteiger partial charge on any atom is -0.367 e. The van der Waals surface area contributed by atoms with Gasteiger partial charge in [0.1, 0.15) is 23.1 Å². The van der Waals surface area contributed by atoms with Crippen LogP contribution in [0, 0.1) is 6.92 Å². The van der Waals surface area contributed by atoms with Crippen LogP contribution in [-0.4, -0.2) is 33.1 Å². The number of imidazole rings is 1. The SMILES string of the molecule is CC.CC.CSc1cc(C2CCC(F)(F)CO2)ccc1Nc1cc(Cl)nc2c1nc(C)n2PI. The number of alkyl halides is 2. The average Bonchev–Trinajstić information content (AvgIpc) is 3.17. The van der Waals surface area contributed by atoms with E-state index >= 15 is 0 Å². The van der Waals surface area contributed by atoms with Gasteiger partial charge in [-0.05, 0) is 59.3 Å². The van der Waals surface area contributed by atoms with Crippen molar-refractivity contribution in [3.63, 3.8) is 0 Å². The largest absolute Gasteiger partial charge is 0.367 e. The van der Waals surface area contributed by atoms with E-state index in [4.69, 9.17) is 16.3 Å². The Morgan fingerprint density at radius 1 is 1.21 bits per heavy atom. The van der Waals surface area contributed by atoms with E-state index in [9.17, 15) is 8.78 Å². The van der Waals surface area contributed by atoms with Crippen LogP contribution in [0.15, 0.2) is 29.2 Å². The standard InChI is InChI=1S/C19H19ClF2IN4OPS.2C2H6/c1-10-24-17-13(8-16(20)26-18(17)27(10)29-23)25-12-4-3-11(7-15(12)30-2)14-5-6-19(21,22)9-28-14;2*1-2/h3-4,7-8,14,29H,5-6,9H2,1-2H3,(H,25,26);2*1-2H3. The Morgan fingerprint density at radius 3 is 2.50 bits per heavy atom. The van der Waals surface area contributed by atoms with Gasteiger partial charge in [-0.1, -0.05) is 45.4 Å². The van der Waals surface area contributed by atoms with E-state index in [0.717, 1.165) is 38.8 Å². The van der Waals surface area contributed by atoms with Crippen molar-refractivity contribution in [3.8, 4) is 0 Å². The van der Waals surface area contributed by atoms with Gasteiger partial charge in [-0.15, -0.1) is 11.8 Å². The topological polar surface area (TPSA) is 52.0 Å². The molecule has 1 fully saturated rings. The van der Waals surface area contributed by atoms with Crippen molar-refractivity contribution >= 4 is 74.3 Å². The smallest absolute Gasteiger partial charge is 0.271 e. The summed E-state index contributed by atoms with van der Waals surface area (Å²) < 4.78 is 34.2. The number of aryl methyl sites for hydroxylation is 1. The van der Waals surface area contributed by atoms with E-state index in [1.165, 1.54) is 0 Å². The van der Waals surface area contributed by atoms with E-state index in [1.54, 1.807) is 17.8 Å². The number of fused-ring (bicyclic) bond motifs is 1. The molecule has 0 spiro atoms. The molecule has 1 N–H and O–H groups in total. The Balaban J connectivity index is 0.000000970. The number of hydrogen-bond acceptors (Lipinski definition) is 5. The molecule has 1 aromatic carbocycles. The minimum atomic E-state index is -2.73. The molecule has 34 heavy (non-hydrogen) atoms. The number of halogens is 4. The molecule has 5 nitrogen and oxygen atoms in total. The van der Waals surface area contributed by atoms with Gasteiger partial charge < -0.3 is 10.1 Å². The second-order valence-corrected chi connectivity index (χ2v) is 10.3. The molecule has 1 saturated heterocycles. The lowest BCUT2D eigenvalue weighted by molar-refractivity contribution is -0.145. The summed E-state index contributed by atoms with van der Waals surface area (Å²) in [6.07, 6.45) is 2.29. The van der Waals surface area contributed by atoms with Gasteiger partial charge in [-0.25, -0.2) is 18.7 Å². The number of hydrogen-bond donors (Lipinski definition) is 1. The summed E-state index contributed by atoms with van der Waals surface area (Å²) in [7, 11) is 0. The molecule has 4 rings (SSSR count). The summed E-state index contributed by atoms with van der Waals surface area (Å²) in [5.41, 5.74) is 4.08. The van der Waals surface area contributed by atoms with E-state index in [2.05, 4.69) is 37.3 Å². The summed E-state index contributed by atoms with van der Waals surface area (Å²) in [4.78, 5) is 10.1. The second kappa shape index (κ2) is 13.5. The maximum atomic E-state index is 13.4. The Morgan fingerprint density at radius 2 is 1.91 bits per heavy atom. The van der Waals surface area contributed by atoms with Crippen LogP contribution >= 0.6 is 51.8 Å². The summed E-state index contributed by atoms with van der Waals surface area (Å²) >= 11 is 10.1. The summed E-state index contributed by atoms with van der Waals surface area (Å²) in [5.74, 6) is -1.85. The number of rotatable bonds is 5. The molecule has 0 amide bonds. The van der Waals surface area contributed by atoms with E-state index < -0.39 is 12.5 Å². The Labute approximate surface area is 224 Å². The van der Waals surface area contributed by atoms with Crippen molar-refractivity contribution < 1.29 is 13.5 Å². The first-order valence-electron chi connectivity index (χ1n) is 11.2. The molecule has 1 aliphatic heterocycles. The van der Waals surface area contributed by atoms with Crippen LogP contribution in [0.3, 0.4) is 0 Å². The van der Waals surface area contributed by atoms with Crippen LogP contribution in [0.1, 0.15) is 58.0 Å². The van der Waals surface area contributed by atoms with Crippen molar-refractivity contribution in [1.82, 2.24) is 14.3 Å². The van der Waals surface area contributed by atoms with Crippen molar-refractivity contribution in [3.05, 3.63) is 40.8 Å². The van der Waals surface area contributed by atoms with Gasteiger partial charge in [-0.2, -0.15) is 0 Å². The number of thioether (sulfide) groups is 1. The zero-order valence-electron chi connectivity index (χ0n) is 20.2. The van der Waals surface area contributed by atoms with Crippen LogP contribution in [-0.2, 0) is 4.74 Å². The molecule has 2 aromatic heterocycles. The Bertz CT molecular complexity index is 1090. The Hall–Kier alpha value is -0.740. The Kier molecular flexibility index (Phi) is 11.7. The average molecular weight is 643 g/mol. The molecular weight excluding hydrogens is 612 g/mol. The molecule has 188 valence electrons.